The molecular weight excluding hydrogens is 979 g/mol. The summed E-state index contributed by atoms with van der Waals surface area (Å²) < 4.78 is 22.7. The summed E-state index contributed by atoms with van der Waals surface area (Å²) in [5, 5.41) is 87.1. The molecule has 2 heterocycles. The van der Waals surface area contributed by atoms with Gasteiger partial charge in [0, 0.05) is 6.42 Å². The highest BCUT2D eigenvalue weighted by Gasteiger charge is 2.51. The van der Waals surface area contributed by atoms with Crippen molar-refractivity contribution < 1.29 is 64.6 Å². The average Bonchev–Trinajstić information content (AvgIpc) is 3.44. The molecule has 2 saturated heterocycles. The molecule has 0 aromatic heterocycles. The maximum Gasteiger partial charge on any atom is 0.220 e. The van der Waals surface area contributed by atoms with Gasteiger partial charge >= 0.3 is 0 Å². The van der Waals surface area contributed by atoms with Gasteiger partial charge in [-0.05, 0) is 83.5 Å². The van der Waals surface area contributed by atoms with E-state index in [9.17, 15) is 45.6 Å². The predicted molar refractivity (Wildman–Crippen MR) is 309 cm³/mol. The van der Waals surface area contributed by atoms with Crippen LogP contribution in [0.5, 0.6) is 0 Å². The molecule has 14 heteroatoms. The average molecular weight is 1090 g/mol. The number of aliphatic hydroxyl groups is 8. The number of hydrogen-bond acceptors (Lipinski definition) is 13. The first kappa shape index (κ1) is 70.0. The molecule has 2 rings (SSSR count). The molecule has 0 spiro atoms. The molecule has 442 valence electrons. The quantitative estimate of drug-likeness (QED) is 0.0205. The normalized spacial score (nSPS) is 25.4. The largest absolute Gasteiger partial charge is 0.394 e. The third-order valence-corrected chi connectivity index (χ3v) is 14.0. The number of carbonyl (C=O) groups is 1. The fraction of sp³-hybridized carbons (Fsp3) is 0.730. The van der Waals surface area contributed by atoms with Gasteiger partial charge in [-0.2, -0.15) is 0 Å². The molecule has 77 heavy (non-hydrogen) atoms. The van der Waals surface area contributed by atoms with Crippen LogP contribution < -0.4 is 5.32 Å². The number of carbonyl (C=O) groups excluding carboxylic acids is 1. The Morgan fingerprint density at radius 3 is 1.43 bits per heavy atom. The smallest absolute Gasteiger partial charge is 0.220 e. The van der Waals surface area contributed by atoms with Crippen LogP contribution in [0, 0.1) is 0 Å². The van der Waals surface area contributed by atoms with Crippen LogP contribution in [0.3, 0.4) is 0 Å². The first-order chi connectivity index (χ1) is 37.6. The molecule has 0 radical (unpaired) electrons. The molecule has 2 fully saturated rings. The lowest BCUT2D eigenvalue weighted by Crippen LogP contribution is -2.65. The number of rotatable bonds is 46. The molecule has 0 aromatic carbocycles. The van der Waals surface area contributed by atoms with Crippen LogP contribution in [0.1, 0.15) is 200 Å². The second-order valence-corrected chi connectivity index (χ2v) is 20.7. The van der Waals surface area contributed by atoms with Gasteiger partial charge < -0.3 is 65.1 Å². The van der Waals surface area contributed by atoms with E-state index in [1.165, 1.54) is 77.0 Å². The number of unbranched alkanes of at least 4 members (excludes halogenated alkanes) is 19. The third kappa shape index (κ3) is 33.3. The van der Waals surface area contributed by atoms with Gasteiger partial charge in [0.25, 0.3) is 0 Å². The Bertz CT molecular complexity index is 1660. The van der Waals surface area contributed by atoms with E-state index in [1.54, 1.807) is 6.08 Å². The molecule has 0 aliphatic carbocycles. The van der Waals surface area contributed by atoms with E-state index in [-0.39, 0.29) is 18.9 Å². The van der Waals surface area contributed by atoms with Crippen LogP contribution in [0.4, 0.5) is 0 Å². The van der Waals surface area contributed by atoms with E-state index < -0.39 is 86.8 Å². The summed E-state index contributed by atoms with van der Waals surface area (Å²) in [5.41, 5.74) is 0. The van der Waals surface area contributed by atoms with Crippen molar-refractivity contribution in [1.29, 1.82) is 0 Å². The number of hydrogen-bond donors (Lipinski definition) is 9. The standard InChI is InChI=1S/C63H107NO13/c1-3-5-7-9-11-13-15-17-19-21-23-24-25-26-27-28-29-31-33-35-37-39-41-43-45-47-55(68)64-51(52(67)46-44-42-40-38-36-34-32-30-22-20-18-16-14-12-10-8-6-4-2)50-74-62-60(73)58(71)61(54(49-66)76-62)77-63-59(72)57(70)56(69)53(48-65)75-63/h5,7,11,13,17,19,23-24,26-27,29,31,36,38,44,46,51-54,56-63,65-67,69-73H,3-4,6,8-10,12,14-16,18,20-22,25,28,30,32-35,37,39-43,45,47-50H2,1-2H3,(H,64,68)/b7-5-,13-11-,19-17-,24-23-,27-26-,31-29-,38-36+,46-44+. The minimum atomic E-state index is -1.80. The SMILES string of the molecule is CC/C=C\C/C=C\C/C=C\C/C=C\C/C=C\C/C=C\CCCCCCCCC(=O)NC(COC1OC(CO)C(OC2OC(CO)C(O)C(O)C2O)C(O)C1O)C(O)/C=C/CC/C=C/CCCCCCCCCCCCCC. The number of allylic oxidation sites excluding steroid dienone is 15. The molecule has 12 atom stereocenters. The number of nitrogens with one attached hydrogen (secondary N) is 1. The zero-order valence-corrected chi connectivity index (χ0v) is 47.4. The highest BCUT2D eigenvalue weighted by atomic mass is 16.7. The fourth-order valence-corrected chi connectivity index (χ4v) is 9.19. The Morgan fingerprint density at radius 1 is 0.481 bits per heavy atom. The topological polar surface area (TPSA) is 228 Å². The highest BCUT2D eigenvalue weighted by molar-refractivity contribution is 5.76. The predicted octanol–water partition coefficient (Wildman–Crippen LogP) is 10.3. The summed E-state index contributed by atoms with van der Waals surface area (Å²) in [6.07, 6.45) is 48.6. The Morgan fingerprint density at radius 2 is 0.909 bits per heavy atom. The third-order valence-electron chi connectivity index (χ3n) is 14.0. The van der Waals surface area contributed by atoms with Gasteiger partial charge in [0.1, 0.15) is 48.8 Å². The lowest BCUT2D eigenvalue weighted by molar-refractivity contribution is -0.359. The Hall–Kier alpha value is -3.09. The molecule has 14 nitrogen and oxygen atoms in total. The van der Waals surface area contributed by atoms with Crippen molar-refractivity contribution in [3.05, 3.63) is 97.2 Å². The number of ether oxygens (including phenoxy) is 4. The molecule has 2 aliphatic heterocycles. The minimum absolute atomic E-state index is 0.250. The minimum Gasteiger partial charge on any atom is -0.394 e. The summed E-state index contributed by atoms with van der Waals surface area (Å²) >= 11 is 0. The fourth-order valence-electron chi connectivity index (χ4n) is 9.19. The first-order valence-electron chi connectivity index (χ1n) is 30.0. The van der Waals surface area contributed by atoms with E-state index >= 15 is 0 Å². The van der Waals surface area contributed by atoms with Crippen LogP contribution in [0.2, 0.25) is 0 Å². The van der Waals surface area contributed by atoms with Crippen LogP contribution >= 0.6 is 0 Å². The van der Waals surface area contributed by atoms with Crippen molar-refractivity contribution in [1.82, 2.24) is 5.32 Å². The second-order valence-electron chi connectivity index (χ2n) is 20.7. The summed E-state index contributed by atoms with van der Waals surface area (Å²) in [6, 6.07) is -0.947. The summed E-state index contributed by atoms with van der Waals surface area (Å²) in [4.78, 5) is 13.3. The van der Waals surface area contributed by atoms with Crippen molar-refractivity contribution >= 4 is 5.91 Å². The molecule has 12 unspecified atom stereocenters. The number of aliphatic hydroxyl groups excluding tert-OH is 8. The van der Waals surface area contributed by atoms with E-state index in [4.69, 9.17) is 18.9 Å². The Balaban J connectivity index is 1.79. The molecule has 2 aliphatic rings. The van der Waals surface area contributed by atoms with Crippen LogP contribution in [0.15, 0.2) is 97.2 Å². The van der Waals surface area contributed by atoms with Crippen molar-refractivity contribution in [2.24, 2.45) is 0 Å². The lowest BCUT2D eigenvalue weighted by atomic mass is 9.97. The zero-order chi connectivity index (χ0) is 56.0. The summed E-state index contributed by atoms with van der Waals surface area (Å²) in [6.45, 7) is 2.64. The van der Waals surface area contributed by atoms with Gasteiger partial charge in [-0.3, -0.25) is 4.79 Å². The van der Waals surface area contributed by atoms with E-state index in [1.807, 2.05) is 6.08 Å². The van der Waals surface area contributed by atoms with Gasteiger partial charge in [-0.15, -0.1) is 0 Å². The second kappa shape index (κ2) is 47.7. The van der Waals surface area contributed by atoms with Crippen molar-refractivity contribution in [3.8, 4) is 0 Å². The lowest BCUT2D eigenvalue weighted by Gasteiger charge is -2.46. The van der Waals surface area contributed by atoms with Crippen molar-refractivity contribution in [2.75, 3.05) is 19.8 Å². The Kier molecular flexibility index (Phi) is 43.4. The molecule has 0 saturated carbocycles. The van der Waals surface area contributed by atoms with E-state index in [0.29, 0.717) is 12.8 Å². The maximum atomic E-state index is 13.3. The van der Waals surface area contributed by atoms with Crippen LogP contribution in [-0.2, 0) is 23.7 Å². The van der Waals surface area contributed by atoms with Crippen LogP contribution in [0.25, 0.3) is 0 Å². The van der Waals surface area contributed by atoms with Crippen LogP contribution in [-0.4, -0.2) is 140 Å². The molecule has 1 amide bonds. The van der Waals surface area contributed by atoms with Gasteiger partial charge in [0.15, 0.2) is 12.6 Å². The van der Waals surface area contributed by atoms with Gasteiger partial charge in [-0.1, -0.05) is 207 Å². The first-order valence-corrected chi connectivity index (χ1v) is 30.0. The molecular formula is C63H107NO13. The highest BCUT2D eigenvalue weighted by Crippen LogP contribution is 2.30. The van der Waals surface area contributed by atoms with Gasteiger partial charge in [-0.25, -0.2) is 0 Å². The van der Waals surface area contributed by atoms with E-state index in [0.717, 1.165) is 89.9 Å². The van der Waals surface area contributed by atoms with Gasteiger partial charge in [0.2, 0.25) is 5.91 Å². The van der Waals surface area contributed by atoms with Crippen molar-refractivity contribution in [2.45, 2.75) is 274 Å². The van der Waals surface area contributed by atoms with E-state index in [2.05, 4.69) is 104 Å². The summed E-state index contributed by atoms with van der Waals surface area (Å²) in [5.74, 6) is -0.268. The molecule has 9 N–H and O–H groups in total. The maximum absolute atomic E-state index is 13.3. The summed E-state index contributed by atoms with van der Waals surface area (Å²) in [7, 11) is 0. The van der Waals surface area contributed by atoms with Crippen molar-refractivity contribution in [3.63, 3.8) is 0 Å². The number of amides is 1. The molecule has 0 bridgehead atoms. The molecule has 0 aromatic rings. The zero-order valence-electron chi connectivity index (χ0n) is 47.4. The van der Waals surface area contributed by atoms with Gasteiger partial charge in [0.05, 0.1) is 32.0 Å². The Labute approximate surface area is 464 Å². The monoisotopic (exact) mass is 1090 g/mol.